The first-order chi connectivity index (χ1) is 17.5. The summed E-state index contributed by atoms with van der Waals surface area (Å²) in [5.74, 6) is 0. The number of nitrogens with one attached hydrogen (secondary N) is 1. The van der Waals surface area contributed by atoms with Gasteiger partial charge in [0.05, 0.1) is 27.3 Å². The molecule has 5 rings (SSSR count). The summed E-state index contributed by atoms with van der Waals surface area (Å²) in [6, 6.07) is 30.1. The molecular weight excluding hydrogens is 460 g/mol. The number of hydrogen-bond donors (Lipinski definition) is 1. The Hall–Kier alpha value is -5.38. The molecule has 0 radical (unpaired) electrons. The Morgan fingerprint density at radius 1 is 0.750 bits per heavy atom. The predicted molar refractivity (Wildman–Crippen MR) is 135 cm³/mol. The van der Waals surface area contributed by atoms with Gasteiger partial charge in [-0.3, -0.25) is 25.7 Å². The minimum absolute atomic E-state index is 0.0152. The summed E-state index contributed by atoms with van der Waals surface area (Å²) in [6.07, 6.45) is 0. The summed E-state index contributed by atoms with van der Waals surface area (Å²) in [5.41, 5.74) is 4.72. The molecule has 0 aliphatic carbocycles. The lowest BCUT2D eigenvalue weighted by atomic mass is 10.0. The summed E-state index contributed by atoms with van der Waals surface area (Å²) in [7, 11) is 0. The molecule has 0 saturated heterocycles. The number of non-ortho nitro benzene ring substituents is 1. The molecule has 4 aromatic carbocycles. The molecule has 1 N–H and O–H groups in total. The van der Waals surface area contributed by atoms with Gasteiger partial charge < -0.3 is 0 Å². The maximum absolute atomic E-state index is 11.6. The quantitative estimate of drug-likeness (QED) is 0.256. The Morgan fingerprint density at radius 2 is 1.39 bits per heavy atom. The molecule has 1 heterocycles. The number of hydrogen-bond acceptors (Lipinski definition) is 7. The van der Waals surface area contributed by atoms with Gasteiger partial charge in [-0.05, 0) is 18.2 Å². The molecule has 0 fully saturated rings. The van der Waals surface area contributed by atoms with Crippen LogP contribution in [0.15, 0.2) is 108 Å². The van der Waals surface area contributed by atoms with Crippen LogP contribution in [-0.2, 0) is 0 Å². The van der Waals surface area contributed by atoms with Gasteiger partial charge in [0.25, 0.3) is 5.69 Å². The second kappa shape index (κ2) is 9.47. The van der Waals surface area contributed by atoms with Crippen molar-refractivity contribution in [3.8, 4) is 16.9 Å². The second-order valence-corrected chi connectivity index (χ2v) is 7.77. The summed E-state index contributed by atoms with van der Waals surface area (Å²) < 4.78 is 1.66. The number of aromatic nitrogens is 2. The Labute approximate surface area is 204 Å². The van der Waals surface area contributed by atoms with E-state index in [0.717, 1.165) is 33.8 Å². The molecule has 36 heavy (non-hydrogen) atoms. The van der Waals surface area contributed by atoms with Gasteiger partial charge in [0, 0.05) is 22.4 Å². The zero-order valence-electron chi connectivity index (χ0n) is 18.7. The molecular formula is C26H18N6O4. The standard InChI is InChI=1S/C26H18N6O4/c33-31(34)20-15-16-23(24(17-20)32(35)36)27-28-26-22-14-8-7-13-21(22)25(18-9-3-1-4-10-18)29-30(26)19-11-5-2-6-12-19/h1-17,27H/b28-26-. The highest BCUT2D eigenvalue weighted by molar-refractivity contribution is 5.93. The average Bonchev–Trinajstić information content (AvgIpc) is 2.92. The van der Waals surface area contributed by atoms with Crippen molar-refractivity contribution < 1.29 is 9.85 Å². The third-order valence-corrected chi connectivity index (χ3v) is 5.54. The summed E-state index contributed by atoms with van der Waals surface area (Å²) in [5, 5.41) is 33.7. The molecule has 0 amide bonds. The van der Waals surface area contributed by atoms with Crippen molar-refractivity contribution in [2.45, 2.75) is 0 Å². The van der Waals surface area contributed by atoms with E-state index in [0.29, 0.717) is 5.49 Å². The zero-order chi connectivity index (χ0) is 25.1. The fourth-order valence-corrected chi connectivity index (χ4v) is 3.86. The van der Waals surface area contributed by atoms with Gasteiger partial charge in [-0.2, -0.15) is 10.2 Å². The lowest BCUT2D eigenvalue weighted by Gasteiger charge is -2.14. The zero-order valence-corrected chi connectivity index (χ0v) is 18.7. The second-order valence-electron chi connectivity index (χ2n) is 7.77. The monoisotopic (exact) mass is 478 g/mol. The van der Waals surface area contributed by atoms with E-state index in [-0.39, 0.29) is 11.4 Å². The topological polar surface area (TPSA) is 128 Å². The highest BCUT2D eigenvalue weighted by Gasteiger charge is 2.20. The van der Waals surface area contributed by atoms with E-state index in [2.05, 4.69) is 10.5 Å². The largest absolute Gasteiger partial charge is 0.301 e. The number of rotatable bonds is 6. The number of benzene rings is 4. The van der Waals surface area contributed by atoms with Gasteiger partial charge in [0.15, 0.2) is 5.49 Å². The first-order valence-corrected chi connectivity index (χ1v) is 10.9. The molecule has 1 aromatic heterocycles. The van der Waals surface area contributed by atoms with Gasteiger partial charge in [0.2, 0.25) is 0 Å². The Kier molecular flexibility index (Phi) is 5.90. The van der Waals surface area contributed by atoms with Gasteiger partial charge in [0.1, 0.15) is 5.69 Å². The van der Waals surface area contributed by atoms with Crippen molar-refractivity contribution in [1.82, 2.24) is 9.78 Å². The smallest absolute Gasteiger partial charge is 0.270 e. The molecule has 5 aromatic rings. The number of nitro groups is 2. The number of para-hydroxylation sites is 1. The summed E-state index contributed by atoms with van der Waals surface area (Å²) in [4.78, 5) is 21.3. The van der Waals surface area contributed by atoms with Crippen LogP contribution < -0.4 is 10.9 Å². The number of nitro benzene ring substituents is 2. The Balaban J connectivity index is 1.77. The minimum Gasteiger partial charge on any atom is -0.270 e. The van der Waals surface area contributed by atoms with Crippen LogP contribution in [0, 0.1) is 20.2 Å². The predicted octanol–water partition coefficient (Wildman–Crippen LogP) is 5.44. The van der Waals surface area contributed by atoms with Crippen LogP contribution in [0.4, 0.5) is 17.1 Å². The van der Waals surface area contributed by atoms with Crippen molar-refractivity contribution in [3.63, 3.8) is 0 Å². The first-order valence-electron chi connectivity index (χ1n) is 10.9. The van der Waals surface area contributed by atoms with Crippen LogP contribution in [-0.4, -0.2) is 19.6 Å². The van der Waals surface area contributed by atoms with E-state index < -0.39 is 15.5 Å². The third kappa shape index (κ3) is 4.26. The SMILES string of the molecule is O=[N+]([O-])c1ccc(N/N=c2/c3ccccc3c(-c3ccccc3)nn2-c2ccccc2)c([N+](=O)[O-])c1. The first kappa shape index (κ1) is 22.4. The highest BCUT2D eigenvalue weighted by atomic mass is 16.6. The van der Waals surface area contributed by atoms with Gasteiger partial charge in [-0.25, -0.2) is 4.68 Å². The summed E-state index contributed by atoms with van der Waals surface area (Å²) >= 11 is 0. The minimum atomic E-state index is -0.690. The van der Waals surface area contributed by atoms with Crippen molar-refractivity contribution in [2.24, 2.45) is 5.10 Å². The fourth-order valence-electron chi connectivity index (χ4n) is 3.86. The van der Waals surface area contributed by atoms with Crippen molar-refractivity contribution >= 4 is 27.8 Å². The molecule has 0 aliphatic rings. The van der Waals surface area contributed by atoms with Gasteiger partial charge in [-0.1, -0.05) is 72.8 Å². The van der Waals surface area contributed by atoms with E-state index in [1.54, 1.807) is 4.68 Å². The normalized spacial score (nSPS) is 11.4. The molecule has 0 spiro atoms. The highest BCUT2D eigenvalue weighted by Crippen LogP contribution is 2.29. The van der Waals surface area contributed by atoms with E-state index in [1.165, 1.54) is 12.1 Å². The van der Waals surface area contributed by atoms with Crippen molar-refractivity contribution in [3.05, 3.63) is 129 Å². The third-order valence-electron chi connectivity index (χ3n) is 5.54. The van der Waals surface area contributed by atoms with Crippen molar-refractivity contribution in [2.75, 3.05) is 5.43 Å². The number of fused-ring (bicyclic) bond motifs is 1. The molecule has 176 valence electrons. The van der Waals surface area contributed by atoms with E-state index >= 15 is 0 Å². The van der Waals surface area contributed by atoms with E-state index in [1.807, 2.05) is 84.9 Å². The van der Waals surface area contributed by atoms with Crippen LogP contribution in [0.5, 0.6) is 0 Å². The molecule has 0 atom stereocenters. The van der Waals surface area contributed by atoms with Crippen LogP contribution in [0.2, 0.25) is 0 Å². The van der Waals surface area contributed by atoms with Crippen molar-refractivity contribution in [1.29, 1.82) is 0 Å². The maximum Gasteiger partial charge on any atom is 0.301 e. The fraction of sp³-hybridized carbons (Fsp3) is 0. The summed E-state index contributed by atoms with van der Waals surface area (Å²) in [6.45, 7) is 0. The number of nitrogens with zero attached hydrogens (tertiary/aromatic N) is 5. The molecule has 10 nitrogen and oxygen atoms in total. The van der Waals surface area contributed by atoms with Gasteiger partial charge in [-0.15, -0.1) is 0 Å². The van der Waals surface area contributed by atoms with Crippen LogP contribution >= 0.6 is 0 Å². The Morgan fingerprint density at radius 3 is 2.06 bits per heavy atom. The number of anilines is 1. The average molecular weight is 478 g/mol. The van der Waals surface area contributed by atoms with E-state index in [4.69, 9.17) is 5.10 Å². The van der Waals surface area contributed by atoms with E-state index in [9.17, 15) is 20.2 Å². The Bertz CT molecular complexity index is 1670. The lowest BCUT2D eigenvalue weighted by molar-refractivity contribution is -0.393. The van der Waals surface area contributed by atoms with Gasteiger partial charge >= 0.3 is 5.69 Å². The lowest BCUT2D eigenvalue weighted by Crippen LogP contribution is -2.25. The van der Waals surface area contributed by atoms with Crippen LogP contribution in [0.3, 0.4) is 0 Å². The molecule has 10 heteroatoms. The van der Waals surface area contributed by atoms with Crippen LogP contribution in [0.25, 0.3) is 27.7 Å². The molecule has 0 bridgehead atoms. The molecule has 0 aliphatic heterocycles. The molecule has 0 unspecified atom stereocenters. The maximum atomic E-state index is 11.6. The molecule has 0 saturated carbocycles. The van der Waals surface area contributed by atoms with Crippen LogP contribution in [0.1, 0.15) is 0 Å².